The first-order valence-corrected chi connectivity index (χ1v) is 8.02. The maximum atomic E-state index is 12.4. The highest BCUT2D eigenvalue weighted by Gasteiger charge is 2.24. The number of hydrogen-bond acceptors (Lipinski definition) is 5. The Kier molecular flexibility index (Phi) is 4.54. The van der Waals surface area contributed by atoms with E-state index in [4.69, 9.17) is 5.73 Å². The maximum Gasteiger partial charge on any atom is 0.248 e. The average molecular weight is 328 g/mol. The molecule has 2 aromatic rings. The van der Waals surface area contributed by atoms with Crippen LogP contribution < -0.4 is 5.73 Å². The van der Waals surface area contributed by atoms with Crippen molar-refractivity contribution in [3.05, 3.63) is 29.8 Å². The van der Waals surface area contributed by atoms with Gasteiger partial charge in [0, 0.05) is 23.7 Å². The van der Waals surface area contributed by atoms with Crippen LogP contribution in [0.2, 0.25) is 0 Å². The van der Waals surface area contributed by atoms with Crippen LogP contribution in [0.15, 0.2) is 24.3 Å². The molecule has 0 aliphatic carbocycles. The van der Waals surface area contributed by atoms with E-state index in [9.17, 15) is 9.59 Å². The third-order valence-corrected chi connectivity index (χ3v) is 4.28. The van der Waals surface area contributed by atoms with E-state index < -0.39 is 5.91 Å². The number of piperidine rings is 1. The number of rotatable bonds is 4. The summed E-state index contributed by atoms with van der Waals surface area (Å²) in [7, 11) is 0. The molecule has 3 rings (SSSR count). The van der Waals surface area contributed by atoms with Crippen LogP contribution >= 0.6 is 0 Å². The quantitative estimate of drug-likeness (QED) is 0.895. The fraction of sp³-hybridized carbons (Fsp3) is 0.438. The molecule has 2 amide bonds. The van der Waals surface area contributed by atoms with Crippen LogP contribution in [-0.2, 0) is 11.3 Å². The van der Waals surface area contributed by atoms with Gasteiger partial charge in [-0.1, -0.05) is 12.1 Å². The Morgan fingerprint density at radius 2 is 2.00 bits per heavy atom. The Morgan fingerprint density at radius 1 is 1.25 bits per heavy atom. The van der Waals surface area contributed by atoms with Crippen molar-refractivity contribution in [1.29, 1.82) is 0 Å². The number of amides is 2. The second kappa shape index (κ2) is 6.77. The molecule has 0 radical (unpaired) electrons. The Labute approximate surface area is 139 Å². The smallest absolute Gasteiger partial charge is 0.248 e. The van der Waals surface area contributed by atoms with Crippen molar-refractivity contribution in [3.63, 3.8) is 0 Å². The summed E-state index contributed by atoms with van der Waals surface area (Å²) in [4.78, 5) is 26.7. The molecule has 8 nitrogen and oxygen atoms in total. The summed E-state index contributed by atoms with van der Waals surface area (Å²) in [5.41, 5.74) is 6.34. The molecule has 24 heavy (non-hydrogen) atoms. The summed E-state index contributed by atoms with van der Waals surface area (Å²) >= 11 is 0. The normalized spacial score (nSPS) is 17.7. The highest BCUT2D eigenvalue weighted by molar-refractivity contribution is 5.93. The van der Waals surface area contributed by atoms with E-state index >= 15 is 0 Å². The monoisotopic (exact) mass is 328 g/mol. The van der Waals surface area contributed by atoms with Crippen LogP contribution in [0.1, 0.15) is 36.5 Å². The lowest BCUT2D eigenvalue weighted by molar-refractivity contribution is -0.135. The molecule has 1 atom stereocenters. The number of tetrazole rings is 1. The molecule has 0 unspecified atom stereocenters. The van der Waals surface area contributed by atoms with Gasteiger partial charge in [-0.05, 0) is 43.5 Å². The summed E-state index contributed by atoms with van der Waals surface area (Å²) < 4.78 is 0. The van der Waals surface area contributed by atoms with Gasteiger partial charge < -0.3 is 10.6 Å². The van der Waals surface area contributed by atoms with Gasteiger partial charge in [-0.25, -0.2) is 0 Å². The van der Waals surface area contributed by atoms with Crippen molar-refractivity contribution in [2.45, 2.75) is 38.8 Å². The number of carbonyl (C=O) groups excluding carboxylic acids is 2. The molecule has 8 heteroatoms. The van der Waals surface area contributed by atoms with Crippen LogP contribution in [0.5, 0.6) is 0 Å². The van der Waals surface area contributed by atoms with Gasteiger partial charge >= 0.3 is 0 Å². The molecule has 1 aromatic heterocycles. The van der Waals surface area contributed by atoms with Crippen molar-refractivity contribution in [3.8, 4) is 11.4 Å². The maximum absolute atomic E-state index is 12.4. The second-order valence-electron chi connectivity index (χ2n) is 6.02. The number of nitrogens with two attached hydrogens (primary N) is 1. The number of carbonyl (C=O) groups is 2. The number of nitrogens with zero attached hydrogens (tertiary/aromatic N) is 5. The minimum Gasteiger partial charge on any atom is -0.366 e. The van der Waals surface area contributed by atoms with Gasteiger partial charge in [-0.3, -0.25) is 9.59 Å². The lowest BCUT2D eigenvalue weighted by Crippen LogP contribution is -2.43. The van der Waals surface area contributed by atoms with Gasteiger partial charge in [-0.15, -0.1) is 10.2 Å². The minimum absolute atomic E-state index is 0.00947. The molecule has 1 aromatic carbocycles. The molecule has 1 saturated heterocycles. The zero-order valence-corrected chi connectivity index (χ0v) is 13.6. The Balaban J connectivity index is 1.69. The highest BCUT2D eigenvalue weighted by atomic mass is 16.2. The number of primary amides is 1. The van der Waals surface area contributed by atoms with E-state index in [2.05, 4.69) is 22.3 Å². The molecular formula is C16H20N6O2. The highest BCUT2D eigenvalue weighted by Crippen LogP contribution is 2.17. The first-order valence-electron chi connectivity index (χ1n) is 8.02. The molecule has 0 saturated carbocycles. The molecule has 0 spiro atoms. The van der Waals surface area contributed by atoms with Gasteiger partial charge in [0.05, 0.1) is 0 Å². The SMILES string of the molecule is C[C@@H]1CCCCN1C(=O)Cn1nnc(-c2ccc(C(N)=O)cc2)n1. The third-order valence-electron chi connectivity index (χ3n) is 4.28. The van der Waals surface area contributed by atoms with Crippen LogP contribution in [0.3, 0.4) is 0 Å². The topological polar surface area (TPSA) is 107 Å². The first kappa shape index (κ1) is 16.1. The van der Waals surface area contributed by atoms with Crippen LogP contribution in [0, 0.1) is 0 Å². The van der Waals surface area contributed by atoms with Gasteiger partial charge in [0.15, 0.2) is 0 Å². The van der Waals surface area contributed by atoms with Crippen LogP contribution in [-0.4, -0.2) is 49.5 Å². The Bertz CT molecular complexity index is 739. The molecule has 0 bridgehead atoms. The number of aromatic nitrogens is 4. The van der Waals surface area contributed by atoms with Crippen LogP contribution in [0.4, 0.5) is 0 Å². The molecule has 1 fully saturated rings. The number of likely N-dealkylation sites (tertiary alicyclic amines) is 1. The second-order valence-corrected chi connectivity index (χ2v) is 6.02. The Hall–Kier alpha value is -2.77. The number of hydrogen-bond donors (Lipinski definition) is 1. The van der Waals surface area contributed by atoms with Crippen LogP contribution in [0.25, 0.3) is 11.4 Å². The molecular weight excluding hydrogens is 308 g/mol. The van der Waals surface area contributed by atoms with Gasteiger partial charge in [0.25, 0.3) is 0 Å². The van der Waals surface area contributed by atoms with Gasteiger partial charge in [-0.2, -0.15) is 4.80 Å². The summed E-state index contributed by atoms with van der Waals surface area (Å²) in [6.07, 6.45) is 3.24. The molecule has 2 N–H and O–H groups in total. The fourth-order valence-electron chi connectivity index (χ4n) is 2.89. The van der Waals surface area contributed by atoms with E-state index in [-0.39, 0.29) is 18.5 Å². The largest absolute Gasteiger partial charge is 0.366 e. The summed E-state index contributed by atoms with van der Waals surface area (Å²) in [6, 6.07) is 6.89. The molecule has 1 aliphatic heterocycles. The zero-order chi connectivity index (χ0) is 17.1. The summed E-state index contributed by atoms with van der Waals surface area (Å²) in [5, 5.41) is 12.2. The summed E-state index contributed by atoms with van der Waals surface area (Å²) in [6.45, 7) is 2.93. The van der Waals surface area contributed by atoms with E-state index in [0.717, 1.165) is 25.8 Å². The third kappa shape index (κ3) is 3.42. The minimum atomic E-state index is -0.487. The predicted octanol–water partition coefficient (Wildman–Crippen LogP) is 0.840. The Morgan fingerprint density at radius 3 is 2.67 bits per heavy atom. The van der Waals surface area contributed by atoms with Crippen molar-refractivity contribution in [2.75, 3.05) is 6.54 Å². The molecule has 126 valence electrons. The molecule has 1 aliphatic rings. The predicted molar refractivity (Wildman–Crippen MR) is 86.8 cm³/mol. The zero-order valence-electron chi connectivity index (χ0n) is 13.6. The van der Waals surface area contributed by atoms with E-state index in [0.29, 0.717) is 17.0 Å². The fourth-order valence-corrected chi connectivity index (χ4v) is 2.89. The molecule has 2 heterocycles. The van der Waals surface area contributed by atoms with Crippen molar-refractivity contribution in [1.82, 2.24) is 25.1 Å². The summed E-state index contributed by atoms with van der Waals surface area (Å²) in [5.74, 6) is -0.0693. The van der Waals surface area contributed by atoms with Gasteiger partial charge in [0.1, 0.15) is 6.54 Å². The lowest BCUT2D eigenvalue weighted by Gasteiger charge is -2.33. The van der Waals surface area contributed by atoms with E-state index in [1.54, 1.807) is 24.3 Å². The number of benzene rings is 1. The first-order chi connectivity index (χ1) is 11.5. The lowest BCUT2D eigenvalue weighted by atomic mass is 10.0. The van der Waals surface area contributed by atoms with Crippen molar-refractivity contribution >= 4 is 11.8 Å². The average Bonchev–Trinajstić information content (AvgIpc) is 3.03. The van der Waals surface area contributed by atoms with E-state index in [1.807, 2.05) is 4.90 Å². The van der Waals surface area contributed by atoms with Crippen molar-refractivity contribution < 1.29 is 9.59 Å². The van der Waals surface area contributed by atoms with Gasteiger partial charge in [0.2, 0.25) is 17.6 Å². The van der Waals surface area contributed by atoms with Crippen molar-refractivity contribution in [2.24, 2.45) is 5.73 Å². The standard InChI is InChI=1S/C16H20N6O2/c1-11-4-2-3-9-21(11)14(23)10-22-19-16(18-20-22)13-7-5-12(6-8-13)15(17)24/h5-8,11H,2-4,9-10H2,1H3,(H2,17,24)/t11-/m1/s1. The van der Waals surface area contributed by atoms with E-state index in [1.165, 1.54) is 4.80 Å².